The molecule has 0 aromatic heterocycles. The highest BCUT2D eigenvalue weighted by Gasteiger charge is 1.63. The van der Waals surface area contributed by atoms with Gasteiger partial charge in [-0.2, -0.15) is 0 Å². The van der Waals surface area contributed by atoms with E-state index in [1.54, 1.807) is 14.2 Å². The molecule has 0 amide bonds. The van der Waals surface area contributed by atoms with Gasteiger partial charge in [0.05, 0.1) is 7.11 Å². The van der Waals surface area contributed by atoms with E-state index in [0.29, 0.717) is 13.3 Å². The highest BCUT2D eigenvalue weighted by Crippen LogP contribution is 1.60. The minimum atomic E-state index is 0.375. The Labute approximate surface area is 54.7 Å². The predicted molar refractivity (Wildman–Crippen MR) is 32.0 cm³/mol. The van der Waals surface area contributed by atoms with Crippen LogP contribution in [0, 0.1) is 0 Å². The predicted octanol–water partition coefficient (Wildman–Crippen LogP) is 0.0259. The largest absolute Gasteiger partial charge is 0.471 e. The van der Waals surface area contributed by atoms with Crippen LogP contribution >= 0.6 is 0 Å². The van der Waals surface area contributed by atoms with Gasteiger partial charge < -0.3 is 14.2 Å². The van der Waals surface area contributed by atoms with Crippen LogP contribution in [0.25, 0.3) is 0 Å². The van der Waals surface area contributed by atoms with Crippen LogP contribution < -0.4 is 0 Å². The zero-order valence-electron chi connectivity index (χ0n) is 5.92. The van der Waals surface area contributed by atoms with Gasteiger partial charge in [-0.05, 0) is 0 Å². The highest BCUT2D eigenvalue weighted by atomic mass is 16.6. The zero-order chi connectivity index (χ0) is 7.54. The summed E-state index contributed by atoms with van der Waals surface area (Å²) in [6.45, 7) is 0.764. The lowest BCUT2D eigenvalue weighted by atomic mass is 11.4. The first-order valence-corrected chi connectivity index (χ1v) is 2.27. The van der Waals surface area contributed by atoms with Crippen molar-refractivity contribution >= 4 is 6.47 Å². The summed E-state index contributed by atoms with van der Waals surface area (Å²) in [7, 11) is 4.49. The maximum Gasteiger partial charge on any atom is 0.292 e. The topological polar surface area (TPSA) is 44.8 Å². The first-order valence-electron chi connectivity index (χ1n) is 2.27. The van der Waals surface area contributed by atoms with E-state index in [1.807, 2.05) is 0 Å². The highest BCUT2D eigenvalue weighted by molar-refractivity contribution is 5.36. The smallest absolute Gasteiger partial charge is 0.292 e. The molecule has 0 aliphatic carbocycles. The summed E-state index contributed by atoms with van der Waals surface area (Å²) in [5, 5.41) is 0. The van der Waals surface area contributed by atoms with Crippen LogP contribution in [0.3, 0.4) is 0 Å². The molecule has 0 rings (SSSR count). The second-order valence-electron chi connectivity index (χ2n) is 1.03. The molecule has 0 unspecified atom stereocenters. The Morgan fingerprint density at radius 3 is 1.56 bits per heavy atom. The number of ether oxygens (including phenoxy) is 3. The lowest BCUT2D eigenvalue weighted by Gasteiger charge is -1.87. The summed E-state index contributed by atoms with van der Waals surface area (Å²) in [6, 6.07) is 0. The van der Waals surface area contributed by atoms with Crippen LogP contribution in [-0.2, 0) is 19.0 Å². The van der Waals surface area contributed by atoms with E-state index in [0.717, 1.165) is 0 Å². The fraction of sp³-hybridized carbons (Fsp3) is 0.800. The molecular formula is C5H12O4. The van der Waals surface area contributed by atoms with Gasteiger partial charge in [0, 0.05) is 14.2 Å². The van der Waals surface area contributed by atoms with Gasteiger partial charge in [-0.1, -0.05) is 0 Å². The molecule has 56 valence electrons. The summed E-state index contributed by atoms with van der Waals surface area (Å²) in [5.41, 5.74) is 0. The molecule has 9 heavy (non-hydrogen) atoms. The minimum absolute atomic E-state index is 0.375. The minimum Gasteiger partial charge on any atom is -0.471 e. The normalized spacial score (nSPS) is 7.00. The number of methoxy groups -OCH3 is 3. The van der Waals surface area contributed by atoms with E-state index < -0.39 is 0 Å². The van der Waals surface area contributed by atoms with Gasteiger partial charge >= 0.3 is 0 Å². The van der Waals surface area contributed by atoms with Crippen LogP contribution in [-0.4, -0.2) is 34.6 Å². The van der Waals surface area contributed by atoms with Crippen molar-refractivity contribution in [3.8, 4) is 0 Å². The zero-order valence-corrected chi connectivity index (χ0v) is 5.92. The van der Waals surface area contributed by atoms with Crippen molar-refractivity contribution in [2.45, 2.75) is 0 Å². The van der Waals surface area contributed by atoms with Crippen LogP contribution in [0.15, 0.2) is 0 Å². The van der Waals surface area contributed by atoms with Crippen LogP contribution in [0.4, 0.5) is 0 Å². The maximum atomic E-state index is 8.95. The molecular weight excluding hydrogens is 124 g/mol. The average molecular weight is 136 g/mol. The van der Waals surface area contributed by atoms with Gasteiger partial charge in [0.1, 0.15) is 6.79 Å². The second-order valence-corrected chi connectivity index (χ2v) is 1.03. The van der Waals surface area contributed by atoms with E-state index >= 15 is 0 Å². The Morgan fingerprint density at radius 2 is 1.56 bits per heavy atom. The van der Waals surface area contributed by atoms with E-state index in [-0.39, 0.29) is 0 Å². The molecule has 0 aliphatic heterocycles. The van der Waals surface area contributed by atoms with Gasteiger partial charge in [-0.3, -0.25) is 4.79 Å². The first-order chi connectivity index (χ1) is 4.33. The number of hydrogen-bond acceptors (Lipinski definition) is 4. The van der Waals surface area contributed by atoms with E-state index in [1.165, 1.54) is 7.11 Å². The molecule has 0 aromatic carbocycles. The van der Waals surface area contributed by atoms with Crippen LogP contribution in [0.2, 0.25) is 0 Å². The summed E-state index contributed by atoms with van der Waals surface area (Å²) in [5.74, 6) is 0. The summed E-state index contributed by atoms with van der Waals surface area (Å²) in [6.07, 6.45) is 0. The average Bonchev–Trinajstić information content (AvgIpc) is 1.91. The van der Waals surface area contributed by atoms with Gasteiger partial charge in [0.15, 0.2) is 0 Å². The molecule has 4 heteroatoms. The van der Waals surface area contributed by atoms with Crippen LogP contribution in [0.1, 0.15) is 0 Å². The second kappa shape index (κ2) is 15.7. The number of rotatable bonds is 3. The third kappa shape index (κ3) is 37.6. The monoisotopic (exact) mass is 136 g/mol. The van der Waals surface area contributed by atoms with Crippen molar-refractivity contribution in [2.75, 3.05) is 28.1 Å². The van der Waals surface area contributed by atoms with Crippen molar-refractivity contribution in [3.05, 3.63) is 0 Å². The van der Waals surface area contributed by atoms with Crippen LogP contribution in [0.5, 0.6) is 0 Å². The van der Waals surface area contributed by atoms with E-state index in [4.69, 9.17) is 4.79 Å². The van der Waals surface area contributed by atoms with Crippen molar-refractivity contribution in [1.29, 1.82) is 0 Å². The summed E-state index contributed by atoms with van der Waals surface area (Å²) < 4.78 is 12.8. The Hall–Kier alpha value is -0.610. The first kappa shape index (κ1) is 11.2. The Morgan fingerprint density at radius 1 is 1.22 bits per heavy atom. The van der Waals surface area contributed by atoms with Gasteiger partial charge in [0.25, 0.3) is 6.47 Å². The van der Waals surface area contributed by atoms with Crippen molar-refractivity contribution in [1.82, 2.24) is 0 Å². The van der Waals surface area contributed by atoms with Crippen molar-refractivity contribution < 1.29 is 19.0 Å². The van der Waals surface area contributed by atoms with Gasteiger partial charge in [-0.15, -0.1) is 0 Å². The SMILES string of the molecule is COC=O.COCOC. The van der Waals surface area contributed by atoms with Gasteiger partial charge in [0.2, 0.25) is 0 Å². The van der Waals surface area contributed by atoms with E-state index in [9.17, 15) is 0 Å². The molecule has 0 radical (unpaired) electrons. The fourth-order valence-corrected chi connectivity index (χ4v) is 0.118. The third-order valence-corrected chi connectivity index (χ3v) is 0.332. The number of carbonyl (C=O) groups excluding carboxylic acids is 1. The quantitative estimate of drug-likeness (QED) is 0.405. The third-order valence-electron chi connectivity index (χ3n) is 0.332. The fourth-order valence-electron chi connectivity index (χ4n) is 0.118. The summed E-state index contributed by atoms with van der Waals surface area (Å²) in [4.78, 5) is 8.95. The molecule has 4 nitrogen and oxygen atoms in total. The number of hydrogen-bond donors (Lipinski definition) is 0. The Balaban J connectivity index is 0. The maximum absolute atomic E-state index is 8.95. The molecule has 0 saturated carbocycles. The molecule has 0 saturated heterocycles. The van der Waals surface area contributed by atoms with E-state index in [2.05, 4.69) is 14.2 Å². The van der Waals surface area contributed by atoms with Crippen molar-refractivity contribution in [2.24, 2.45) is 0 Å². The Bertz CT molecular complexity index is 44.2. The lowest BCUT2D eigenvalue weighted by Crippen LogP contribution is -1.87. The molecule has 0 fully saturated rings. The summed E-state index contributed by atoms with van der Waals surface area (Å²) >= 11 is 0. The molecule has 0 heterocycles. The molecule has 0 bridgehead atoms. The van der Waals surface area contributed by atoms with Crippen molar-refractivity contribution in [3.63, 3.8) is 0 Å². The number of carbonyl (C=O) groups is 1. The standard InChI is InChI=1S/C3H8O2.C2H4O2/c1-4-3-5-2;1-4-2-3/h3H2,1-2H3;2H,1H3. The Kier molecular flexibility index (Phi) is 19.5. The molecule has 0 spiro atoms. The van der Waals surface area contributed by atoms with Gasteiger partial charge in [-0.25, -0.2) is 0 Å². The molecule has 0 aliphatic rings. The molecule has 0 N–H and O–H groups in total. The molecule has 0 aromatic rings. The lowest BCUT2D eigenvalue weighted by molar-refractivity contribution is -0.126. The molecule has 0 atom stereocenters.